The summed E-state index contributed by atoms with van der Waals surface area (Å²) >= 11 is 5.86. The van der Waals surface area contributed by atoms with Crippen molar-refractivity contribution in [1.29, 1.82) is 0 Å². The van der Waals surface area contributed by atoms with Crippen molar-refractivity contribution in [1.82, 2.24) is 0 Å². The van der Waals surface area contributed by atoms with E-state index < -0.39 is 23.2 Å². The Labute approximate surface area is 122 Å². The van der Waals surface area contributed by atoms with Gasteiger partial charge in [-0.15, -0.1) is 0 Å². The molecule has 5 heteroatoms. The smallest absolute Gasteiger partial charge is 0.320 e. The molecule has 1 aromatic rings. The first kappa shape index (κ1) is 14.6. The number of nitrogens with two attached hydrogens (primary N) is 1. The zero-order valence-corrected chi connectivity index (χ0v) is 11.9. The summed E-state index contributed by atoms with van der Waals surface area (Å²) in [4.78, 5) is 23.6. The minimum Gasteiger partial charge on any atom is -0.480 e. The maximum absolute atomic E-state index is 11.9. The summed E-state index contributed by atoms with van der Waals surface area (Å²) in [6.07, 6.45) is 2.40. The van der Waals surface area contributed by atoms with Crippen molar-refractivity contribution in [2.24, 2.45) is 11.1 Å². The van der Waals surface area contributed by atoms with E-state index in [4.69, 9.17) is 17.3 Å². The topological polar surface area (TPSA) is 80.4 Å². The highest BCUT2D eigenvalue weighted by molar-refractivity contribution is 6.30. The van der Waals surface area contributed by atoms with Crippen LogP contribution in [0.3, 0.4) is 0 Å². The van der Waals surface area contributed by atoms with Crippen LogP contribution in [-0.4, -0.2) is 17.0 Å². The minimum atomic E-state index is -1.59. The molecule has 1 amide bonds. The molecule has 0 aliphatic heterocycles. The Morgan fingerprint density at radius 1 is 1.35 bits per heavy atom. The third kappa shape index (κ3) is 2.31. The molecule has 1 aliphatic rings. The lowest BCUT2D eigenvalue weighted by atomic mass is 9.64. The number of rotatable bonds is 3. The van der Waals surface area contributed by atoms with E-state index in [9.17, 15) is 14.7 Å². The van der Waals surface area contributed by atoms with Crippen molar-refractivity contribution < 1.29 is 14.7 Å². The van der Waals surface area contributed by atoms with E-state index in [2.05, 4.69) is 0 Å². The van der Waals surface area contributed by atoms with Crippen molar-refractivity contribution in [2.45, 2.75) is 25.7 Å². The average molecular weight is 294 g/mol. The second kappa shape index (κ2) is 5.29. The van der Waals surface area contributed by atoms with Crippen LogP contribution < -0.4 is 5.73 Å². The first-order valence-corrected chi connectivity index (χ1v) is 6.70. The van der Waals surface area contributed by atoms with Gasteiger partial charge in [-0.25, -0.2) is 0 Å². The minimum absolute atomic E-state index is 0.122. The number of allylic oxidation sites excluding steroid dienone is 2. The molecule has 106 valence electrons. The molecule has 2 atom stereocenters. The predicted molar refractivity (Wildman–Crippen MR) is 76.4 cm³/mol. The Kier molecular flexibility index (Phi) is 3.86. The molecule has 1 aliphatic carbocycles. The summed E-state index contributed by atoms with van der Waals surface area (Å²) in [6, 6.07) is 6.90. The highest BCUT2D eigenvalue weighted by Gasteiger charge is 2.52. The van der Waals surface area contributed by atoms with Gasteiger partial charge < -0.3 is 10.8 Å². The number of halogens is 1. The van der Waals surface area contributed by atoms with Gasteiger partial charge in [-0.2, -0.15) is 0 Å². The summed E-state index contributed by atoms with van der Waals surface area (Å²) in [7, 11) is 0. The van der Waals surface area contributed by atoms with Gasteiger partial charge in [0.05, 0.1) is 0 Å². The Balaban J connectivity index is 2.56. The lowest BCUT2D eigenvalue weighted by Crippen LogP contribution is -2.49. The fraction of sp³-hybridized carbons (Fsp3) is 0.333. The Morgan fingerprint density at radius 3 is 2.45 bits per heavy atom. The molecule has 0 heterocycles. The first-order valence-electron chi connectivity index (χ1n) is 6.32. The van der Waals surface area contributed by atoms with Gasteiger partial charge in [0.2, 0.25) is 5.91 Å². The molecule has 0 aromatic heterocycles. The molecule has 20 heavy (non-hydrogen) atoms. The van der Waals surface area contributed by atoms with Gasteiger partial charge in [-0.05, 0) is 37.5 Å². The quantitative estimate of drug-likeness (QED) is 0.664. The highest BCUT2D eigenvalue weighted by atomic mass is 35.5. The number of amides is 1. The second-order valence-electron chi connectivity index (χ2n) is 5.20. The molecule has 0 fully saturated rings. The van der Waals surface area contributed by atoms with Crippen molar-refractivity contribution in [3.05, 3.63) is 46.5 Å². The Hall–Kier alpha value is -1.81. The summed E-state index contributed by atoms with van der Waals surface area (Å²) in [5.74, 6) is -2.44. The van der Waals surface area contributed by atoms with Crippen LogP contribution in [0.4, 0.5) is 0 Å². The van der Waals surface area contributed by atoms with Gasteiger partial charge in [-0.1, -0.05) is 35.4 Å². The molecule has 0 bridgehead atoms. The third-order valence-corrected chi connectivity index (χ3v) is 4.24. The van der Waals surface area contributed by atoms with Gasteiger partial charge in [0, 0.05) is 10.9 Å². The number of primary amides is 1. The number of carbonyl (C=O) groups is 2. The van der Waals surface area contributed by atoms with E-state index in [1.165, 1.54) is 0 Å². The molecule has 0 saturated carbocycles. The Bertz CT molecular complexity index is 563. The largest absolute Gasteiger partial charge is 0.480 e. The third-order valence-electron chi connectivity index (χ3n) is 3.99. The number of aliphatic carboxylic acids is 1. The van der Waals surface area contributed by atoms with E-state index in [1.807, 2.05) is 6.92 Å². The van der Waals surface area contributed by atoms with Crippen LogP contribution in [0.15, 0.2) is 35.9 Å². The number of hydrogen-bond donors (Lipinski definition) is 2. The van der Waals surface area contributed by atoms with Gasteiger partial charge in [0.25, 0.3) is 0 Å². The van der Waals surface area contributed by atoms with Gasteiger partial charge in [0.1, 0.15) is 0 Å². The lowest BCUT2D eigenvalue weighted by Gasteiger charge is -2.37. The predicted octanol–water partition coefficient (Wildman–Crippen LogP) is 2.72. The van der Waals surface area contributed by atoms with Crippen molar-refractivity contribution in [3.63, 3.8) is 0 Å². The SMILES string of the molecule is CC1=CCC(C(N)=O)(C(=O)O)C(c2ccc(Cl)cc2)C1. The van der Waals surface area contributed by atoms with E-state index in [-0.39, 0.29) is 6.42 Å². The summed E-state index contributed by atoms with van der Waals surface area (Å²) in [5.41, 5.74) is 5.67. The van der Waals surface area contributed by atoms with Gasteiger partial charge in [0.15, 0.2) is 5.41 Å². The van der Waals surface area contributed by atoms with Crippen LogP contribution in [0.1, 0.15) is 31.2 Å². The normalized spacial score (nSPS) is 25.9. The number of carbonyl (C=O) groups excluding carboxylic acids is 1. The molecular formula is C15H16ClNO3. The molecule has 4 nitrogen and oxygen atoms in total. The number of carboxylic acid groups (broad SMARTS) is 1. The van der Waals surface area contributed by atoms with Crippen LogP contribution >= 0.6 is 11.6 Å². The van der Waals surface area contributed by atoms with Crippen LogP contribution in [0, 0.1) is 5.41 Å². The lowest BCUT2D eigenvalue weighted by molar-refractivity contribution is -0.156. The van der Waals surface area contributed by atoms with Crippen molar-refractivity contribution >= 4 is 23.5 Å². The highest BCUT2D eigenvalue weighted by Crippen LogP contribution is 2.47. The number of hydrogen-bond acceptors (Lipinski definition) is 2. The summed E-state index contributed by atoms with van der Waals surface area (Å²) in [6.45, 7) is 1.93. The maximum Gasteiger partial charge on any atom is 0.320 e. The fourth-order valence-corrected chi connectivity index (χ4v) is 2.89. The second-order valence-corrected chi connectivity index (χ2v) is 5.64. The first-order chi connectivity index (χ1) is 9.37. The van der Waals surface area contributed by atoms with Gasteiger partial charge in [-0.3, -0.25) is 9.59 Å². The number of carboxylic acids is 1. The van der Waals surface area contributed by atoms with Crippen LogP contribution in [0.25, 0.3) is 0 Å². The monoisotopic (exact) mass is 293 g/mol. The molecule has 3 N–H and O–H groups in total. The molecular weight excluding hydrogens is 278 g/mol. The molecule has 2 rings (SSSR count). The molecule has 0 spiro atoms. The van der Waals surface area contributed by atoms with Crippen molar-refractivity contribution in [3.8, 4) is 0 Å². The summed E-state index contributed by atoms with van der Waals surface area (Å²) in [5, 5.41) is 10.1. The maximum atomic E-state index is 11.9. The van der Waals surface area contributed by atoms with E-state index in [1.54, 1.807) is 30.3 Å². The Morgan fingerprint density at radius 2 is 1.95 bits per heavy atom. The standard InChI is InChI=1S/C15H16ClNO3/c1-9-6-7-15(13(17)18,14(19)20)12(8-9)10-2-4-11(16)5-3-10/h2-6,12H,7-8H2,1H3,(H2,17,18)(H,19,20). The van der Waals surface area contributed by atoms with Crippen LogP contribution in [0.2, 0.25) is 5.02 Å². The zero-order valence-electron chi connectivity index (χ0n) is 11.1. The van der Waals surface area contributed by atoms with E-state index in [0.717, 1.165) is 11.1 Å². The van der Waals surface area contributed by atoms with Crippen LogP contribution in [0.5, 0.6) is 0 Å². The number of benzene rings is 1. The van der Waals surface area contributed by atoms with Crippen molar-refractivity contribution in [2.75, 3.05) is 0 Å². The molecule has 1 aromatic carbocycles. The zero-order chi connectivity index (χ0) is 14.9. The van der Waals surface area contributed by atoms with E-state index in [0.29, 0.717) is 11.4 Å². The van der Waals surface area contributed by atoms with Crippen LogP contribution in [-0.2, 0) is 9.59 Å². The molecule has 0 saturated heterocycles. The molecule has 2 unspecified atom stereocenters. The average Bonchev–Trinajstić information content (AvgIpc) is 2.39. The fourth-order valence-electron chi connectivity index (χ4n) is 2.77. The molecule has 0 radical (unpaired) electrons. The summed E-state index contributed by atoms with van der Waals surface area (Å²) < 4.78 is 0. The van der Waals surface area contributed by atoms with Gasteiger partial charge >= 0.3 is 5.97 Å². The van der Waals surface area contributed by atoms with E-state index >= 15 is 0 Å².